The largest absolute Gasteiger partial charge is 0.363 e. The highest BCUT2D eigenvalue weighted by Crippen LogP contribution is 2.20. The Hall–Kier alpha value is -0.350. The molecule has 0 aliphatic carbocycles. The van der Waals surface area contributed by atoms with Crippen LogP contribution in [0.25, 0.3) is 0 Å². The third-order valence-corrected chi connectivity index (χ3v) is 4.39. The van der Waals surface area contributed by atoms with Crippen molar-refractivity contribution in [1.82, 2.24) is 15.1 Å². The fourth-order valence-electron chi connectivity index (χ4n) is 2.98. The molecule has 0 bridgehead atoms. The molecule has 0 amide bonds. The molecular weight excluding hydrogens is 230 g/mol. The number of hydrogen-bond donors (Lipinski definition) is 1. The van der Waals surface area contributed by atoms with Gasteiger partial charge < -0.3 is 15.1 Å². The standard InChI is InChI=1S/C13H25N3S/c1-2-14-13(17)16-10-6-12(7-11-16)15-8-4-3-5-9-15/h12H,2-11H2,1H3,(H,14,17). The number of piperidine rings is 2. The first-order valence-electron chi connectivity index (χ1n) is 7.08. The van der Waals surface area contributed by atoms with Crippen molar-refractivity contribution in [2.24, 2.45) is 0 Å². The summed E-state index contributed by atoms with van der Waals surface area (Å²) in [7, 11) is 0. The molecule has 2 saturated heterocycles. The summed E-state index contributed by atoms with van der Waals surface area (Å²) in [4.78, 5) is 5.04. The lowest BCUT2D eigenvalue weighted by molar-refractivity contribution is 0.114. The average molecular weight is 255 g/mol. The van der Waals surface area contributed by atoms with Gasteiger partial charge in [0, 0.05) is 25.7 Å². The first-order chi connectivity index (χ1) is 8.31. The van der Waals surface area contributed by atoms with Crippen LogP contribution in [0.5, 0.6) is 0 Å². The van der Waals surface area contributed by atoms with Gasteiger partial charge >= 0.3 is 0 Å². The van der Waals surface area contributed by atoms with Gasteiger partial charge in [-0.3, -0.25) is 0 Å². The molecule has 0 radical (unpaired) electrons. The topological polar surface area (TPSA) is 18.5 Å². The van der Waals surface area contributed by atoms with Crippen LogP contribution < -0.4 is 5.32 Å². The van der Waals surface area contributed by atoms with Gasteiger partial charge in [0.1, 0.15) is 0 Å². The average Bonchev–Trinajstić information content (AvgIpc) is 2.40. The van der Waals surface area contributed by atoms with E-state index < -0.39 is 0 Å². The van der Waals surface area contributed by atoms with Crippen LogP contribution in [0.3, 0.4) is 0 Å². The van der Waals surface area contributed by atoms with E-state index in [4.69, 9.17) is 12.2 Å². The minimum atomic E-state index is 0.816. The van der Waals surface area contributed by atoms with E-state index in [0.717, 1.165) is 30.8 Å². The smallest absolute Gasteiger partial charge is 0.168 e. The SMILES string of the molecule is CCNC(=S)N1CCC(N2CCCCC2)CC1. The van der Waals surface area contributed by atoms with Crippen molar-refractivity contribution in [2.45, 2.75) is 45.1 Å². The molecular formula is C13H25N3S. The second kappa shape index (κ2) is 6.55. The van der Waals surface area contributed by atoms with Crippen molar-refractivity contribution >= 4 is 17.3 Å². The number of rotatable bonds is 2. The van der Waals surface area contributed by atoms with Gasteiger partial charge in [-0.2, -0.15) is 0 Å². The summed E-state index contributed by atoms with van der Waals surface area (Å²) in [5.74, 6) is 0. The number of thiocarbonyl (C=S) groups is 1. The van der Waals surface area contributed by atoms with Crippen LogP contribution in [0.15, 0.2) is 0 Å². The van der Waals surface area contributed by atoms with Gasteiger partial charge in [-0.25, -0.2) is 0 Å². The monoisotopic (exact) mass is 255 g/mol. The molecule has 3 nitrogen and oxygen atoms in total. The number of nitrogens with zero attached hydrogens (tertiary/aromatic N) is 2. The normalized spacial score (nSPS) is 23.7. The number of nitrogens with one attached hydrogen (secondary N) is 1. The molecule has 0 aromatic rings. The van der Waals surface area contributed by atoms with Crippen molar-refractivity contribution in [2.75, 3.05) is 32.7 Å². The van der Waals surface area contributed by atoms with Gasteiger partial charge in [0.05, 0.1) is 0 Å². The maximum Gasteiger partial charge on any atom is 0.168 e. The van der Waals surface area contributed by atoms with E-state index in [1.807, 2.05) is 0 Å². The molecule has 98 valence electrons. The maximum atomic E-state index is 5.37. The van der Waals surface area contributed by atoms with Gasteiger partial charge in [0.15, 0.2) is 5.11 Å². The zero-order chi connectivity index (χ0) is 12.1. The predicted molar refractivity (Wildman–Crippen MR) is 76.3 cm³/mol. The third-order valence-electron chi connectivity index (χ3n) is 3.99. The van der Waals surface area contributed by atoms with Gasteiger partial charge in [-0.05, 0) is 57.9 Å². The Balaban J connectivity index is 1.75. The zero-order valence-corrected chi connectivity index (χ0v) is 11.8. The molecule has 0 saturated carbocycles. The van der Waals surface area contributed by atoms with Gasteiger partial charge in [-0.15, -0.1) is 0 Å². The zero-order valence-electron chi connectivity index (χ0n) is 11.0. The van der Waals surface area contributed by atoms with Crippen LogP contribution in [0.1, 0.15) is 39.0 Å². The second-order valence-electron chi connectivity index (χ2n) is 5.15. The highest BCUT2D eigenvalue weighted by Gasteiger charge is 2.26. The Labute approximate surface area is 111 Å². The van der Waals surface area contributed by atoms with Gasteiger partial charge in [0.25, 0.3) is 0 Å². The molecule has 2 aliphatic heterocycles. The minimum absolute atomic E-state index is 0.816. The molecule has 2 heterocycles. The second-order valence-corrected chi connectivity index (χ2v) is 5.54. The number of hydrogen-bond acceptors (Lipinski definition) is 2. The van der Waals surface area contributed by atoms with E-state index in [1.165, 1.54) is 45.2 Å². The quantitative estimate of drug-likeness (QED) is 0.759. The summed E-state index contributed by atoms with van der Waals surface area (Å²) < 4.78 is 0. The molecule has 2 fully saturated rings. The highest BCUT2D eigenvalue weighted by atomic mass is 32.1. The number of likely N-dealkylation sites (tertiary alicyclic amines) is 2. The summed E-state index contributed by atoms with van der Waals surface area (Å²) in [6.07, 6.45) is 6.79. The van der Waals surface area contributed by atoms with E-state index >= 15 is 0 Å². The minimum Gasteiger partial charge on any atom is -0.363 e. The Morgan fingerprint density at radius 2 is 1.76 bits per heavy atom. The van der Waals surface area contributed by atoms with Crippen LogP contribution in [0.2, 0.25) is 0 Å². The van der Waals surface area contributed by atoms with Crippen LogP contribution in [-0.2, 0) is 0 Å². The van der Waals surface area contributed by atoms with Crippen LogP contribution >= 0.6 is 12.2 Å². The van der Waals surface area contributed by atoms with Crippen molar-refractivity contribution in [3.63, 3.8) is 0 Å². The lowest BCUT2D eigenvalue weighted by Gasteiger charge is -2.40. The van der Waals surface area contributed by atoms with Crippen molar-refractivity contribution < 1.29 is 0 Å². The highest BCUT2D eigenvalue weighted by molar-refractivity contribution is 7.80. The summed E-state index contributed by atoms with van der Waals surface area (Å²) in [5.41, 5.74) is 0. The lowest BCUT2D eigenvalue weighted by Crippen LogP contribution is -2.50. The van der Waals surface area contributed by atoms with E-state index in [9.17, 15) is 0 Å². The predicted octanol–water partition coefficient (Wildman–Crippen LogP) is 1.83. The van der Waals surface area contributed by atoms with E-state index in [0.29, 0.717) is 0 Å². The van der Waals surface area contributed by atoms with Gasteiger partial charge in [0.2, 0.25) is 0 Å². The van der Waals surface area contributed by atoms with Crippen LogP contribution in [0, 0.1) is 0 Å². The van der Waals surface area contributed by atoms with Gasteiger partial charge in [-0.1, -0.05) is 6.42 Å². The fraction of sp³-hybridized carbons (Fsp3) is 0.923. The molecule has 1 N–H and O–H groups in total. The van der Waals surface area contributed by atoms with Crippen LogP contribution in [0.4, 0.5) is 0 Å². The van der Waals surface area contributed by atoms with Crippen molar-refractivity contribution in [3.8, 4) is 0 Å². The lowest BCUT2D eigenvalue weighted by atomic mass is 10.0. The summed E-state index contributed by atoms with van der Waals surface area (Å²) >= 11 is 5.37. The fourth-order valence-corrected chi connectivity index (χ4v) is 3.31. The third kappa shape index (κ3) is 3.55. The first kappa shape index (κ1) is 13.1. The Morgan fingerprint density at radius 3 is 2.35 bits per heavy atom. The Morgan fingerprint density at radius 1 is 1.12 bits per heavy atom. The molecule has 0 spiro atoms. The summed E-state index contributed by atoms with van der Waals surface area (Å²) in [6, 6.07) is 0.816. The first-order valence-corrected chi connectivity index (χ1v) is 7.49. The summed E-state index contributed by atoms with van der Waals surface area (Å²) in [5, 5.41) is 4.20. The molecule has 17 heavy (non-hydrogen) atoms. The van der Waals surface area contributed by atoms with Crippen molar-refractivity contribution in [3.05, 3.63) is 0 Å². The Bertz CT molecular complexity index is 243. The Kier molecular flexibility index (Phi) is 5.04. The molecule has 0 aromatic heterocycles. The molecule has 4 heteroatoms. The molecule has 0 aromatic carbocycles. The molecule has 0 unspecified atom stereocenters. The van der Waals surface area contributed by atoms with Crippen molar-refractivity contribution in [1.29, 1.82) is 0 Å². The van der Waals surface area contributed by atoms with Crippen LogP contribution in [-0.4, -0.2) is 53.7 Å². The van der Waals surface area contributed by atoms with E-state index in [2.05, 4.69) is 22.0 Å². The molecule has 2 aliphatic rings. The molecule has 2 rings (SSSR count). The van der Waals surface area contributed by atoms with E-state index in [1.54, 1.807) is 0 Å². The molecule has 0 atom stereocenters. The maximum absolute atomic E-state index is 5.37. The summed E-state index contributed by atoms with van der Waals surface area (Å²) in [6.45, 7) is 7.95. The van der Waals surface area contributed by atoms with E-state index in [-0.39, 0.29) is 0 Å².